The van der Waals surface area contributed by atoms with Crippen molar-refractivity contribution in [3.8, 4) is 17.3 Å². The van der Waals surface area contributed by atoms with Crippen molar-refractivity contribution in [1.82, 2.24) is 29.7 Å². The lowest BCUT2D eigenvalue weighted by Crippen LogP contribution is -2.16. The number of aromatic amines is 1. The van der Waals surface area contributed by atoms with E-state index in [2.05, 4.69) is 25.3 Å². The van der Waals surface area contributed by atoms with Crippen LogP contribution in [0.25, 0.3) is 17.0 Å². The van der Waals surface area contributed by atoms with Gasteiger partial charge in [0.15, 0.2) is 11.5 Å². The van der Waals surface area contributed by atoms with E-state index in [1.54, 1.807) is 25.2 Å². The molecule has 1 amide bonds. The Kier molecular flexibility index (Phi) is 4.74. The molecule has 0 saturated heterocycles. The van der Waals surface area contributed by atoms with Crippen molar-refractivity contribution < 1.29 is 14.3 Å². The number of imidazole rings is 1. The van der Waals surface area contributed by atoms with Crippen molar-refractivity contribution in [2.75, 3.05) is 25.3 Å². The number of hydrogen-bond acceptors (Lipinski definition) is 8. The maximum absolute atomic E-state index is 12.6. The first-order chi connectivity index (χ1) is 15.1. The summed E-state index contributed by atoms with van der Waals surface area (Å²) < 4.78 is 12.7. The van der Waals surface area contributed by atoms with Crippen LogP contribution in [0, 0.1) is 6.92 Å². The number of ether oxygens (including phenoxy) is 2. The summed E-state index contributed by atoms with van der Waals surface area (Å²) in [5.74, 6) is 2.66. The molecule has 11 heteroatoms. The number of amides is 1. The van der Waals surface area contributed by atoms with Gasteiger partial charge in [-0.05, 0) is 25.1 Å². The fraction of sp³-hybridized carbons (Fsp3) is 0.250. The molecule has 0 aliphatic carbocycles. The van der Waals surface area contributed by atoms with E-state index >= 15 is 0 Å². The van der Waals surface area contributed by atoms with Gasteiger partial charge in [0, 0.05) is 11.1 Å². The highest BCUT2D eigenvalue weighted by molar-refractivity contribution is 8.00. The second-order valence-corrected chi connectivity index (χ2v) is 8.00. The number of anilines is 1. The van der Waals surface area contributed by atoms with Crippen LogP contribution < -0.4 is 14.8 Å². The molecule has 4 heterocycles. The average molecular weight is 437 g/mol. The van der Waals surface area contributed by atoms with Crippen LogP contribution >= 0.6 is 11.8 Å². The molecule has 10 nitrogen and oxygen atoms in total. The van der Waals surface area contributed by atoms with E-state index in [1.807, 2.05) is 25.1 Å². The topological polar surface area (TPSA) is 120 Å². The van der Waals surface area contributed by atoms with E-state index in [9.17, 15) is 4.79 Å². The van der Waals surface area contributed by atoms with Crippen molar-refractivity contribution in [3.05, 3.63) is 47.7 Å². The van der Waals surface area contributed by atoms with Crippen LogP contribution in [0.2, 0.25) is 0 Å². The number of nitrogens with one attached hydrogen (secondary N) is 2. The average Bonchev–Trinajstić information content (AvgIpc) is 3.34. The van der Waals surface area contributed by atoms with Gasteiger partial charge in [-0.2, -0.15) is 9.78 Å². The zero-order valence-corrected chi connectivity index (χ0v) is 17.9. The molecule has 1 atom stereocenters. The number of benzene rings is 1. The highest BCUT2D eigenvalue weighted by Crippen LogP contribution is 2.47. The molecule has 5 rings (SSSR count). The van der Waals surface area contributed by atoms with Crippen LogP contribution in [0.3, 0.4) is 0 Å². The quantitative estimate of drug-likeness (QED) is 0.500. The molecule has 158 valence electrons. The first kappa shape index (κ1) is 19.4. The number of carbonyl (C=O) groups excluding carboxylic acids is 1. The van der Waals surface area contributed by atoms with E-state index in [4.69, 9.17) is 14.6 Å². The van der Waals surface area contributed by atoms with Crippen molar-refractivity contribution in [2.24, 2.45) is 0 Å². The number of fused-ring (bicyclic) bond motifs is 2. The maximum Gasteiger partial charge on any atom is 0.235 e. The van der Waals surface area contributed by atoms with Crippen LogP contribution in [0.4, 0.5) is 5.82 Å². The van der Waals surface area contributed by atoms with E-state index in [1.165, 1.54) is 18.1 Å². The van der Waals surface area contributed by atoms with Gasteiger partial charge >= 0.3 is 0 Å². The van der Waals surface area contributed by atoms with Gasteiger partial charge < -0.3 is 19.8 Å². The molecule has 1 aliphatic rings. The second kappa shape index (κ2) is 7.58. The maximum atomic E-state index is 12.6. The number of aromatic nitrogens is 6. The normalized spacial score (nSPS) is 16.0. The number of carbonyl (C=O) groups is 1. The van der Waals surface area contributed by atoms with E-state index in [0.717, 1.165) is 16.8 Å². The summed E-state index contributed by atoms with van der Waals surface area (Å²) in [5, 5.41) is 7.53. The summed E-state index contributed by atoms with van der Waals surface area (Å²) in [6, 6.07) is 5.65. The predicted molar refractivity (Wildman–Crippen MR) is 116 cm³/mol. The highest BCUT2D eigenvalue weighted by Gasteiger charge is 2.33. The summed E-state index contributed by atoms with van der Waals surface area (Å²) in [4.78, 5) is 28.4. The number of H-pyrrole nitrogens is 1. The van der Waals surface area contributed by atoms with E-state index in [0.29, 0.717) is 34.3 Å². The van der Waals surface area contributed by atoms with Crippen LogP contribution in [0.1, 0.15) is 22.1 Å². The molecule has 0 bridgehead atoms. The summed E-state index contributed by atoms with van der Waals surface area (Å²) in [6.07, 6.45) is 2.98. The minimum Gasteiger partial charge on any atom is -0.497 e. The van der Waals surface area contributed by atoms with Gasteiger partial charge in [0.2, 0.25) is 5.91 Å². The lowest BCUT2D eigenvalue weighted by molar-refractivity contribution is -0.113. The van der Waals surface area contributed by atoms with Crippen molar-refractivity contribution in [2.45, 2.75) is 12.2 Å². The lowest BCUT2D eigenvalue weighted by atomic mass is 10.0. The number of rotatable bonds is 4. The molecular weight excluding hydrogens is 418 g/mol. The van der Waals surface area contributed by atoms with Crippen LogP contribution in [0.15, 0.2) is 30.9 Å². The fourth-order valence-corrected chi connectivity index (χ4v) is 4.94. The van der Waals surface area contributed by atoms with Gasteiger partial charge in [0.25, 0.3) is 0 Å². The van der Waals surface area contributed by atoms with Crippen LogP contribution in [0.5, 0.6) is 11.5 Å². The van der Waals surface area contributed by atoms with Crippen molar-refractivity contribution in [3.63, 3.8) is 0 Å². The van der Waals surface area contributed by atoms with Gasteiger partial charge in [-0.3, -0.25) is 4.79 Å². The van der Waals surface area contributed by atoms with Crippen LogP contribution in [-0.4, -0.2) is 55.6 Å². The number of thioether (sulfide) groups is 1. The van der Waals surface area contributed by atoms with Gasteiger partial charge in [-0.15, -0.1) is 11.8 Å². The monoisotopic (exact) mass is 437 g/mol. The molecule has 3 aromatic heterocycles. The number of nitrogens with zero attached hydrogens (tertiary/aromatic N) is 5. The van der Waals surface area contributed by atoms with Gasteiger partial charge in [-0.25, -0.2) is 15.0 Å². The minimum absolute atomic E-state index is 0.119. The first-order valence-electron chi connectivity index (χ1n) is 9.48. The molecule has 1 aliphatic heterocycles. The molecule has 0 spiro atoms. The highest BCUT2D eigenvalue weighted by atomic mass is 32.2. The Bertz CT molecular complexity index is 1300. The van der Waals surface area contributed by atoms with Crippen LogP contribution in [-0.2, 0) is 4.79 Å². The largest absolute Gasteiger partial charge is 0.497 e. The predicted octanol–water partition coefficient (Wildman–Crippen LogP) is 2.64. The van der Waals surface area contributed by atoms with E-state index < -0.39 is 0 Å². The summed E-state index contributed by atoms with van der Waals surface area (Å²) in [5.41, 5.74) is 3.71. The van der Waals surface area contributed by atoms with Crippen molar-refractivity contribution in [1.29, 1.82) is 0 Å². The Morgan fingerprint density at radius 1 is 1.19 bits per heavy atom. The Labute approximate surface area is 181 Å². The Hall–Kier alpha value is -3.60. The lowest BCUT2D eigenvalue weighted by Gasteiger charge is -2.19. The van der Waals surface area contributed by atoms with Gasteiger partial charge in [0.05, 0.1) is 37.2 Å². The zero-order valence-electron chi connectivity index (χ0n) is 17.0. The Balaban J connectivity index is 1.74. The summed E-state index contributed by atoms with van der Waals surface area (Å²) >= 11 is 1.51. The van der Waals surface area contributed by atoms with Gasteiger partial charge in [0.1, 0.15) is 29.2 Å². The zero-order chi connectivity index (χ0) is 21.5. The first-order valence-corrected chi connectivity index (χ1v) is 10.5. The molecule has 0 unspecified atom stereocenters. The third kappa shape index (κ3) is 3.17. The SMILES string of the molecule is COc1ccc(OC)c([C@H]2SCC(=O)Nc3c2c(C)nn3-c2ncnc3nc[nH]c23)c1. The molecule has 0 radical (unpaired) electrons. The van der Waals surface area contributed by atoms with Gasteiger partial charge in [-0.1, -0.05) is 0 Å². The number of hydrogen-bond donors (Lipinski definition) is 2. The van der Waals surface area contributed by atoms with Crippen molar-refractivity contribution >= 4 is 34.7 Å². The molecule has 2 N–H and O–H groups in total. The summed E-state index contributed by atoms with van der Waals surface area (Å²) in [6.45, 7) is 1.92. The summed E-state index contributed by atoms with van der Waals surface area (Å²) in [7, 11) is 3.25. The van der Waals surface area contributed by atoms with E-state index in [-0.39, 0.29) is 16.9 Å². The third-order valence-corrected chi connectivity index (χ3v) is 6.38. The molecular formula is C20H19N7O3S. The number of methoxy groups -OCH3 is 2. The molecule has 0 fully saturated rings. The smallest absolute Gasteiger partial charge is 0.235 e. The standard InChI is InChI=1S/C20H19N7O3S/c1-10-15-17(12-6-11(29-2)4-5-13(12)30-3)31-7-14(28)25-19(15)27(26-10)20-16-18(22-8-21-16)23-9-24-20/h4-6,8-9,17H,7H2,1-3H3,(H,25,28)(H,21,22,23,24)/t17-/m1/s1. The molecule has 1 aromatic carbocycles. The third-order valence-electron chi connectivity index (χ3n) is 5.13. The molecule has 0 saturated carbocycles. The number of aryl methyl sites for hydroxylation is 1. The molecule has 4 aromatic rings. The molecule has 31 heavy (non-hydrogen) atoms. The second-order valence-electron chi connectivity index (χ2n) is 6.91. The fourth-order valence-electron chi connectivity index (χ4n) is 3.74. The minimum atomic E-state index is -0.202. The Morgan fingerprint density at radius 2 is 2.06 bits per heavy atom. The Morgan fingerprint density at radius 3 is 2.87 bits per heavy atom.